The first kappa shape index (κ1) is 15.9. The van der Waals surface area contributed by atoms with Gasteiger partial charge in [0, 0.05) is 31.0 Å². The second-order valence-corrected chi connectivity index (χ2v) is 6.42. The molecule has 2 aromatic rings. The van der Waals surface area contributed by atoms with Crippen molar-refractivity contribution < 1.29 is 9.53 Å². The van der Waals surface area contributed by atoms with Crippen LogP contribution < -0.4 is 15.5 Å². The number of pyridine rings is 1. The molecular formula is C19H22N4O2. The average molecular weight is 338 g/mol. The zero-order valence-electron chi connectivity index (χ0n) is 14.1. The number of anilines is 3. The number of nitrogens with zero attached hydrogens (tertiary/aromatic N) is 2. The van der Waals surface area contributed by atoms with Gasteiger partial charge in [-0.25, -0.2) is 0 Å². The summed E-state index contributed by atoms with van der Waals surface area (Å²) in [5.74, 6) is -0.104. The zero-order valence-corrected chi connectivity index (χ0v) is 14.1. The van der Waals surface area contributed by atoms with Crippen LogP contribution in [0.25, 0.3) is 0 Å². The highest BCUT2D eigenvalue weighted by Gasteiger charge is 2.24. The molecule has 1 saturated carbocycles. The molecule has 0 atom stereocenters. The van der Waals surface area contributed by atoms with Crippen molar-refractivity contribution in [2.75, 3.05) is 36.5 Å². The van der Waals surface area contributed by atoms with Gasteiger partial charge in [-0.1, -0.05) is 12.1 Å². The molecule has 1 aliphatic carbocycles. The SMILES string of the molecule is O=C(NC1CC1)c1cc(Nc2ccccc2N2CCOCC2)ccn1. The van der Waals surface area contributed by atoms with Crippen molar-refractivity contribution >= 4 is 23.0 Å². The number of hydrogen-bond acceptors (Lipinski definition) is 5. The smallest absolute Gasteiger partial charge is 0.270 e. The predicted molar refractivity (Wildman–Crippen MR) is 97.5 cm³/mol. The molecule has 0 radical (unpaired) electrons. The summed E-state index contributed by atoms with van der Waals surface area (Å²) < 4.78 is 5.44. The van der Waals surface area contributed by atoms with E-state index in [1.807, 2.05) is 18.2 Å². The van der Waals surface area contributed by atoms with Gasteiger partial charge in [0.05, 0.1) is 24.6 Å². The highest BCUT2D eigenvalue weighted by molar-refractivity contribution is 5.93. The van der Waals surface area contributed by atoms with Gasteiger partial charge < -0.3 is 20.3 Å². The van der Waals surface area contributed by atoms with Crippen molar-refractivity contribution in [3.63, 3.8) is 0 Å². The molecule has 6 heteroatoms. The third-order valence-electron chi connectivity index (χ3n) is 4.44. The number of ether oxygens (including phenoxy) is 1. The number of morpholine rings is 1. The minimum absolute atomic E-state index is 0.104. The van der Waals surface area contributed by atoms with E-state index in [1.54, 1.807) is 12.3 Å². The molecule has 4 rings (SSSR count). The molecule has 0 spiro atoms. The van der Waals surface area contributed by atoms with E-state index in [4.69, 9.17) is 4.74 Å². The normalized spacial score (nSPS) is 17.2. The second-order valence-electron chi connectivity index (χ2n) is 6.42. The van der Waals surface area contributed by atoms with E-state index >= 15 is 0 Å². The van der Waals surface area contributed by atoms with Crippen molar-refractivity contribution in [3.05, 3.63) is 48.3 Å². The van der Waals surface area contributed by atoms with Crippen molar-refractivity contribution in [2.45, 2.75) is 18.9 Å². The van der Waals surface area contributed by atoms with Crippen LogP contribution in [0, 0.1) is 0 Å². The number of aromatic nitrogens is 1. The van der Waals surface area contributed by atoms with Crippen LogP contribution in [0.15, 0.2) is 42.6 Å². The van der Waals surface area contributed by atoms with Crippen molar-refractivity contribution in [2.24, 2.45) is 0 Å². The van der Waals surface area contributed by atoms with Crippen LogP contribution in [-0.2, 0) is 4.74 Å². The highest BCUT2D eigenvalue weighted by Crippen LogP contribution is 2.29. The van der Waals surface area contributed by atoms with E-state index in [0.29, 0.717) is 11.7 Å². The predicted octanol–water partition coefficient (Wildman–Crippen LogP) is 2.55. The summed E-state index contributed by atoms with van der Waals surface area (Å²) in [4.78, 5) is 18.7. The molecule has 2 heterocycles. The summed E-state index contributed by atoms with van der Waals surface area (Å²) in [6, 6.07) is 12.2. The first-order valence-corrected chi connectivity index (χ1v) is 8.75. The number of carbonyl (C=O) groups excluding carboxylic acids is 1. The lowest BCUT2D eigenvalue weighted by Crippen LogP contribution is -2.36. The van der Waals surface area contributed by atoms with Gasteiger partial charge in [-0.15, -0.1) is 0 Å². The summed E-state index contributed by atoms with van der Waals surface area (Å²) in [5, 5.41) is 6.40. The Morgan fingerprint density at radius 3 is 2.76 bits per heavy atom. The molecule has 25 heavy (non-hydrogen) atoms. The van der Waals surface area contributed by atoms with Crippen LogP contribution in [0.2, 0.25) is 0 Å². The highest BCUT2D eigenvalue weighted by atomic mass is 16.5. The summed E-state index contributed by atoms with van der Waals surface area (Å²) in [5.41, 5.74) is 3.47. The number of amides is 1. The lowest BCUT2D eigenvalue weighted by atomic mass is 10.2. The Balaban J connectivity index is 1.53. The van der Waals surface area contributed by atoms with E-state index < -0.39 is 0 Å². The molecule has 0 unspecified atom stereocenters. The maximum absolute atomic E-state index is 12.2. The Bertz CT molecular complexity index is 755. The fraction of sp³-hybridized carbons (Fsp3) is 0.368. The topological polar surface area (TPSA) is 66.5 Å². The summed E-state index contributed by atoms with van der Waals surface area (Å²) in [6.45, 7) is 3.25. The molecule has 1 aromatic heterocycles. The first-order chi connectivity index (χ1) is 12.3. The fourth-order valence-electron chi connectivity index (χ4n) is 2.93. The molecule has 1 saturated heterocycles. The van der Waals surface area contributed by atoms with Crippen LogP contribution in [0.3, 0.4) is 0 Å². The molecule has 0 bridgehead atoms. The van der Waals surface area contributed by atoms with Gasteiger partial charge in [0.25, 0.3) is 5.91 Å². The quantitative estimate of drug-likeness (QED) is 0.877. The van der Waals surface area contributed by atoms with Crippen LogP contribution in [0.5, 0.6) is 0 Å². The van der Waals surface area contributed by atoms with E-state index in [1.165, 1.54) is 0 Å². The number of carbonyl (C=O) groups is 1. The number of benzene rings is 1. The minimum Gasteiger partial charge on any atom is -0.378 e. The Morgan fingerprint density at radius 1 is 1.16 bits per heavy atom. The molecule has 6 nitrogen and oxygen atoms in total. The van der Waals surface area contributed by atoms with Crippen LogP contribution in [0.4, 0.5) is 17.1 Å². The molecule has 1 aromatic carbocycles. The summed E-state index contributed by atoms with van der Waals surface area (Å²) >= 11 is 0. The molecule has 130 valence electrons. The lowest BCUT2D eigenvalue weighted by Gasteiger charge is -2.30. The third kappa shape index (κ3) is 3.91. The summed E-state index contributed by atoms with van der Waals surface area (Å²) in [7, 11) is 0. The molecule has 2 aliphatic rings. The second kappa shape index (κ2) is 7.11. The summed E-state index contributed by atoms with van der Waals surface area (Å²) in [6.07, 6.45) is 3.80. The standard InChI is InChI=1S/C19H22N4O2/c24-19(22-14-5-6-14)17-13-15(7-8-20-17)21-16-3-1-2-4-18(16)23-9-11-25-12-10-23/h1-4,7-8,13-14H,5-6,9-12H2,(H,20,21)(H,22,24). The number of para-hydroxylation sites is 2. The third-order valence-corrected chi connectivity index (χ3v) is 4.44. The van der Waals surface area contributed by atoms with Gasteiger partial charge in [0.2, 0.25) is 0 Å². The number of rotatable bonds is 5. The maximum atomic E-state index is 12.2. The molecule has 1 aliphatic heterocycles. The molecule has 2 N–H and O–H groups in total. The zero-order chi connectivity index (χ0) is 17.1. The number of hydrogen-bond donors (Lipinski definition) is 2. The van der Waals surface area contributed by atoms with Crippen LogP contribution >= 0.6 is 0 Å². The maximum Gasteiger partial charge on any atom is 0.270 e. The van der Waals surface area contributed by atoms with Gasteiger partial charge >= 0.3 is 0 Å². The number of nitrogens with one attached hydrogen (secondary N) is 2. The Labute approximate surface area is 147 Å². The first-order valence-electron chi connectivity index (χ1n) is 8.75. The largest absolute Gasteiger partial charge is 0.378 e. The minimum atomic E-state index is -0.104. The lowest BCUT2D eigenvalue weighted by molar-refractivity contribution is 0.0946. The Kier molecular flexibility index (Phi) is 4.52. The van der Waals surface area contributed by atoms with Crippen LogP contribution in [0.1, 0.15) is 23.3 Å². The van der Waals surface area contributed by atoms with Crippen LogP contribution in [-0.4, -0.2) is 43.2 Å². The van der Waals surface area contributed by atoms with E-state index in [0.717, 1.165) is 56.2 Å². The van der Waals surface area contributed by atoms with Crippen molar-refractivity contribution in [1.82, 2.24) is 10.3 Å². The van der Waals surface area contributed by atoms with E-state index in [9.17, 15) is 4.79 Å². The monoisotopic (exact) mass is 338 g/mol. The Morgan fingerprint density at radius 2 is 1.96 bits per heavy atom. The van der Waals surface area contributed by atoms with Crippen molar-refractivity contribution in [1.29, 1.82) is 0 Å². The molecular weight excluding hydrogens is 316 g/mol. The van der Waals surface area contributed by atoms with E-state index in [-0.39, 0.29) is 5.91 Å². The molecule has 2 fully saturated rings. The van der Waals surface area contributed by atoms with Gasteiger partial charge in [0.15, 0.2) is 0 Å². The van der Waals surface area contributed by atoms with Gasteiger partial charge in [-0.3, -0.25) is 9.78 Å². The Hall–Kier alpha value is -2.60. The van der Waals surface area contributed by atoms with Gasteiger partial charge in [-0.2, -0.15) is 0 Å². The van der Waals surface area contributed by atoms with Gasteiger partial charge in [0.1, 0.15) is 5.69 Å². The van der Waals surface area contributed by atoms with E-state index in [2.05, 4.69) is 32.7 Å². The average Bonchev–Trinajstić information content (AvgIpc) is 3.47. The van der Waals surface area contributed by atoms with Gasteiger partial charge in [-0.05, 0) is 37.1 Å². The molecule has 1 amide bonds. The fourth-order valence-corrected chi connectivity index (χ4v) is 2.93. The van der Waals surface area contributed by atoms with Crippen molar-refractivity contribution in [3.8, 4) is 0 Å².